The molecule has 4 aromatic rings. The van der Waals surface area contributed by atoms with Gasteiger partial charge in [0.1, 0.15) is 11.6 Å². The summed E-state index contributed by atoms with van der Waals surface area (Å²) in [6.45, 7) is 6.19. The molecule has 0 aliphatic carbocycles. The van der Waals surface area contributed by atoms with Gasteiger partial charge in [-0.25, -0.2) is 9.07 Å². The first kappa shape index (κ1) is 23.2. The Morgan fingerprint density at radius 1 is 1.15 bits per heavy atom. The van der Waals surface area contributed by atoms with Crippen molar-refractivity contribution in [3.63, 3.8) is 0 Å². The van der Waals surface area contributed by atoms with Crippen LogP contribution in [0.2, 0.25) is 0 Å². The second-order valence-electron chi connectivity index (χ2n) is 7.91. The molecule has 0 atom stereocenters. The molecule has 0 aliphatic heterocycles. The van der Waals surface area contributed by atoms with E-state index in [9.17, 15) is 9.18 Å². The molecule has 2 aromatic heterocycles. The number of carbonyl (C=O) groups is 1. The number of benzene rings is 2. The monoisotopic (exact) mass is 462 g/mol. The van der Waals surface area contributed by atoms with Gasteiger partial charge in [-0.15, -0.1) is 0 Å². The minimum absolute atomic E-state index is 0.112. The van der Waals surface area contributed by atoms with Crippen molar-refractivity contribution < 1.29 is 18.7 Å². The molecular formula is C26H27FN4O3. The molecule has 0 radical (unpaired) electrons. The first-order valence-electron chi connectivity index (χ1n) is 11.1. The lowest BCUT2D eigenvalue weighted by Gasteiger charge is -2.14. The third-order valence-corrected chi connectivity index (χ3v) is 5.64. The SMILES string of the molecule is CCOc1nc2c(c(C)nn2-c2cccc(F)c2)c(C)c1CCC(=O)Nc1ccc(OC)cc1. The first-order valence-corrected chi connectivity index (χ1v) is 11.1. The van der Waals surface area contributed by atoms with Crippen LogP contribution in [0.25, 0.3) is 16.7 Å². The number of aryl methyl sites for hydroxylation is 2. The van der Waals surface area contributed by atoms with Crippen molar-refractivity contribution in [1.29, 1.82) is 0 Å². The molecule has 0 saturated carbocycles. The van der Waals surface area contributed by atoms with Gasteiger partial charge in [0.25, 0.3) is 0 Å². The lowest BCUT2D eigenvalue weighted by Crippen LogP contribution is -2.13. The van der Waals surface area contributed by atoms with Crippen molar-refractivity contribution in [1.82, 2.24) is 14.8 Å². The van der Waals surface area contributed by atoms with E-state index < -0.39 is 0 Å². The summed E-state index contributed by atoms with van der Waals surface area (Å²) >= 11 is 0. The summed E-state index contributed by atoms with van der Waals surface area (Å²) in [6, 6.07) is 13.4. The van der Waals surface area contributed by atoms with Gasteiger partial charge in [0.05, 0.1) is 25.1 Å². The van der Waals surface area contributed by atoms with E-state index in [4.69, 9.17) is 14.5 Å². The van der Waals surface area contributed by atoms with Crippen LogP contribution in [-0.2, 0) is 11.2 Å². The summed E-state index contributed by atoms with van der Waals surface area (Å²) in [4.78, 5) is 17.4. The lowest BCUT2D eigenvalue weighted by atomic mass is 10.0. The van der Waals surface area contributed by atoms with E-state index in [1.54, 1.807) is 48.2 Å². The Labute approximate surface area is 197 Å². The standard InChI is InChI=1S/C26H27FN4O3/c1-5-34-26-22(13-14-23(32)28-19-9-11-21(33-4)12-10-19)16(2)24-17(3)30-31(25(24)29-26)20-8-6-7-18(27)15-20/h6-12,15H,5,13-14H2,1-4H3,(H,28,32). The number of rotatable bonds is 8. The van der Waals surface area contributed by atoms with E-state index >= 15 is 0 Å². The zero-order chi connectivity index (χ0) is 24.2. The maximum atomic E-state index is 13.8. The number of hydrogen-bond acceptors (Lipinski definition) is 5. The van der Waals surface area contributed by atoms with E-state index in [0.717, 1.165) is 28.0 Å². The van der Waals surface area contributed by atoms with Crippen molar-refractivity contribution in [2.24, 2.45) is 0 Å². The zero-order valence-electron chi connectivity index (χ0n) is 19.7. The van der Waals surface area contributed by atoms with Gasteiger partial charge in [-0.3, -0.25) is 4.79 Å². The number of methoxy groups -OCH3 is 1. The van der Waals surface area contributed by atoms with E-state index in [1.165, 1.54) is 12.1 Å². The molecule has 0 spiro atoms. The molecule has 0 aliphatic rings. The van der Waals surface area contributed by atoms with Crippen molar-refractivity contribution in [2.75, 3.05) is 19.0 Å². The van der Waals surface area contributed by atoms with E-state index in [0.29, 0.717) is 35.9 Å². The van der Waals surface area contributed by atoms with Crippen LogP contribution in [0.5, 0.6) is 11.6 Å². The molecule has 2 aromatic carbocycles. The van der Waals surface area contributed by atoms with E-state index in [2.05, 4.69) is 10.4 Å². The minimum Gasteiger partial charge on any atom is -0.497 e. The number of halogens is 1. The van der Waals surface area contributed by atoms with Crippen LogP contribution in [0.4, 0.5) is 10.1 Å². The van der Waals surface area contributed by atoms with Gasteiger partial charge in [-0.2, -0.15) is 10.1 Å². The summed E-state index contributed by atoms with van der Waals surface area (Å²) < 4.78 is 26.5. The summed E-state index contributed by atoms with van der Waals surface area (Å²) in [5.41, 5.74) is 4.46. The third kappa shape index (κ3) is 4.71. The van der Waals surface area contributed by atoms with Crippen molar-refractivity contribution in [3.05, 3.63) is 71.2 Å². The first-order chi connectivity index (χ1) is 16.4. The number of pyridine rings is 1. The molecule has 8 heteroatoms. The maximum Gasteiger partial charge on any atom is 0.224 e. The number of ether oxygens (including phenoxy) is 2. The van der Waals surface area contributed by atoms with E-state index in [-0.39, 0.29) is 18.1 Å². The Balaban J connectivity index is 1.64. The van der Waals surface area contributed by atoms with Crippen molar-refractivity contribution >= 4 is 22.6 Å². The second-order valence-corrected chi connectivity index (χ2v) is 7.91. The Bertz CT molecular complexity index is 1330. The topological polar surface area (TPSA) is 78.3 Å². The smallest absolute Gasteiger partial charge is 0.224 e. The number of carbonyl (C=O) groups excluding carboxylic acids is 1. The fraction of sp³-hybridized carbons (Fsp3) is 0.269. The molecule has 1 N–H and O–H groups in total. The highest BCUT2D eigenvalue weighted by Crippen LogP contribution is 2.32. The highest BCUT2D eigenvalue weighted by Gasteiger charge is 2.21. The Hall–Kier alpha value is -3.94. The van der Waals surface area contributed by atoms with Crippen LogP contribution in [0.3, 0.4) is 0 Å². The van der Waals surface area contributed by atoms with Gasteiger partial charge in [0, 0.05) is 23.1 Å². The molecule has 0 saturated heterocycles. The number of hydrogen-bond donors (Lipinski definition) is 1. The zero-order valence-corrected chi connectivity index (χ0v) is 19.7. The van der Waals surface area contributed by atoms with Crippen LogP contribution in [-0.4, -0.2) is 34.4 Å². The molecule has 0 unspecified atom stereocenters. The Morgan fingerprint density at radius 2 is 1.91 bits per heavy atom. The predicted molar refractivity (Wildman–Crippen MR) is 129 cm³/mol. The maximum absolute atomic E-state index is 13.8. The average Bonchev–Trinajstić information content (AvgIpc) is 3.16. The lowest BCUT2D eigenvalue weighted by molar-refractivity contribution is -0.116. The van der Waals surface area contributed by atoms with Gasteiger partial charge in [-0.05, 0) is 75.2 Å². The normalized spacial score (nSPS) is 11.0. The van der Waals surface area contributed by atoms with Crippen LogP contribution in [0, 0.1) is 19.7 Å². The summed E-state index contributed by atoms with van der Waals surface area (Å²) in [7, 11) is 1.60. The quantitative estimate of drug-likeness (QED) is 0.392. The predicted octanol–water partition coefficient (Wildman–Crippen LogP) is 5.16. The van der Waals surface area contributed by atoms with Gasteiger partial charge < -0.3 is 14.8 Å². The molecule has 176 valence electrons. The molecule has 7 nitrogen and oxygen atoms in total. The third-order valence-electron chi connectivity index (χ3n) is 5.64. The molecule has 1 amide bonds. The number of nitrogens with one attached hydrogen (secondary N) is 1. The molecule has 2 heterocycles. The fourth-order valence-corrected chi connectivity index (χ4v) is 4.01. The second kappa shape index (κ2) is 9.91. The highest BCUT2D eigenvalue weighted by atomic mass is 19.1. The number of anilines is 1. The molecular weight excluding hydrogens is 435 g/mol. The van der Waals surface area contributed by atoms with Gasteiger partial charge in [0.15, 0.2) is 5.65 Å². The van der Waals surface area contributed by atoms with Crippen LogP contribution >= 0.6 is 0 Å². The summed E-state index contributed by atoms with van der Waals surface area (Å²) in [5.74, 6) is 0.727. The average molecular weight is 463 g/mol. The molecule has 0 fully saturated rings. The number of aromatic nitrogens is 3. The van der Waals surface area contributed by atoms with Crippen LogP contribution < -0.4 is 14.8 Å². The fourth-order valence-electron chi connectivity index (χ4n) is 4.01. The minimum atomic E-state index is -0.347. The van der Waals surface area contributed by atoms with Crippen LogP contribution in [0.15, 0.2) is 48.5 Å². The number of fused-ring (bicyclic) bond motifs is 1. The highest BCUT2D eigenvalue weighted by molar-refractivity contribution is 5.91. The van der Waals surface area contributed by atoms with Crippen LogP contribution in [0.1, 0.15) is 30.2 Å². The Morgan fingerprint density at radius 3 is 2.59 bits per heavy atom. The van der Waals surface area contributed by atoms with Gasteiger partial charge >= 0.3 is 0 Å². The van der Waals surface area contributed by atoms with Crippen molar-refractivity contribution in [3.8, 4) is 17.3 Å². The summed E-state index contributed by atoms with van der Waals surface area (Å²) in [5, 5.41) is 8.39. The largest absolute Gasteiger partial charge is 0.497 e. The molecule has 4 rings (SSSR count). The van der Waals surface area contributed by atoms with Gasteiger partial charge in [-0.1, -0.05) is 6.07 Å². The summed E-state index contributed by atoms with van der Waals surface area (Å²) in [6.07, 6.45) is 0.716. The number of amides is 1. The molecule has 34 heavy (non-hydrogen) atoms. The van der Waals surface area contributed by atoms with E-state index in [1.807, 2.05) is 20.8 Å². The van der Waals surface area contributed by atoms with Gasteiger partial charge in [0.2, 0.25) is 11.8 Å². The van der Waals surface area contributed by atoms with Crippen molar-refractivity contribution in [2.45, 2.75) is 33.6 Å². The Kier molecular flexibility index (Phi) is 6.77. The number of nitrogens with zero attached hydrogens (tertiary/aromatic N) is 3. The molecule has 0 bridgehead atoms.